The molecular weight excluding hydrogens is 338 g/mol. The van der Waals surface area contributed by atoms with Gasteiger partial charge in [-0.2, -0.15) is 0 Å². The van der Waals surface area contributed by atoms with Crippen molar-refractivity contribution in [2.45, 2.75) is 24.0 Å². The molecule has 0 bridgehead atoms. The Bertz CT molecular complexity index is 744. The third kappa shape index (κ3) is 6.08. The molecule has 1 atom stereocenters. The fourth-order valence-electron chi connectivity index (χ4n) is 2.03. The van der Waals surface area contributed by atoms with Crippen LogP contribution in [0, 0.1) is 0 Å². The summed E-state index contributed by atoms with van der Waals surface area (Å²) in [6.45, 7) is 2.85. The minimum atomic E-state index is -0.433. The monoisotopic (exact) mass is 357 g/mol. The standard InChI is InChI=1S/C19H19NO4S/c1-13(25-17-6-4-3-5-7-17)19(23)24-12-18(22)15-8-10-16(11-9-15)20-14(2)21/h3-11,13H,12H2,1-2H3,(H,20,21)/t13-/m1/s1. The number of hydrogen-bond donors (Lipinski definition) is 1. The summed E-state index contributed by atoms with van der Waals surface area (Å²) in [5.41, 5.74) is 1.03. The van der Waals surface area contributed by atoms with Gasteiger partial charge in [-0.25, -0.2) is 0 Å². The molecule has 0 fully saturated rings. The number of carbonyl (C=O) groups is 3. The van der Waals surface area contributed by atoms with Crippen LogP contribution in [-0.4, -0.2) is 29.5 Å². The first-order valence-corrected chi connectivity index (χ1v) is 8.63. The van der Waals surface area contributed by atoms with Crippen LogP contribution in [0.5, 0.6) is 0 Å². The number of rotatable bonds is 7. The molecule has 0 aromatic heterocycles. The molecule has 1 N–H and O–H groups in total. The highest BCUT2D eigenvalue weighted by molar-refractivity contribution is 8.00. The normalized spacial score (nSPS) is 11.4. The smallest absolute Gasteiger partial charge is 0.319 e. The van der Waals surface area contributed by atoms with Gasteiger partial charge in [0.25, 0.3) is 0 Å². The summed E-state index contributed by atoms with van der Waals surface area (Å²) in [5, 5.41) is 2.22. The molecule has 2 aromatic rings. The van der Waals surface area contributed by atoms with Crippen LogP contribution in [0.15, 0.2) is 59.5 Å². The fourth-order valence-corrected chi connectivity index (χ4v) is 2.92. The lowest BCUT2D eigenvalue weighted by atomic mass is 10.1. The minimum absolute atomic E-state index is 0.182. The summed E-state index contributed by atoms with van der Waals surface area (Å²) in [6, 6.07) is 16.0. The first-order valence-electron chi connectivity index (χ1n) is 7.75. The molecule has 5 nitrogen and oxygen atoms in total. The van der Waals surface area contributed by atoms with Crippen LogP contribution in [-0.2, 0) is 14.3 Å². The van der Waals surface area contributed by atoms with E-state index in [2.05, 4.69) is 5.32 Å². The molecule has 0 aliphatic heterocycles. The zero-order valence-corrected chi connectivity index (χ0v) is 14.8. The predicted molar refractivity (Wildman–Crippen MR) is 97.8 cm³/mol. The lowest BCUT2D eigenvalue weighted by molar-refractivity contribution is -0.141. The Morgan fingerprint density at radius 2 is 1.68 bits per heavy atom. The van der Waals surface area contributed by atoms with Crippen molar-refractivity contribution in [3.05, 3.63) is 60.2 Å². The maximum Gasteiger partial charge on any atom is 0.319 e. The number of hydrogen-bond acceptors (Lipinski definition) is 5. The van der Waals surface area contributed by atoms with E-state index in [4.69, 9.17) is 4.74 Å². The summed E-state index contributed by atoms with van der Waals surface area (Å²) in [6.07, 6.45) is 0. The maximum atomic E-state index is 12.1. The van der Waals surface area contributed by atoms with Crippen molar-refractivity contribution >= 4 is 35.1 Å². The molecule has 0 saturated heterocycles. The predicted octanol–water partition coefficient (Wildman–Crippen LogP) is 3.55. The molecule has 0 aliphatic carbocycles. The van der Waals surface area contributed by atoms with E-state index in [0.717, 1.165) is 4.90 Å². The third-order valence-corrected chi connectivity index (χ3v) is 4.35. The molecule has 2 aromatic carbocycles. The van der Waals surface area contributed by atoms with Gasteiger partial charge in [-0.3, -0.25) is 14.4 Å². The van der Waals surface area contributed by atoms with Gasteiger partial charge >= 0.3 is 5.97 Å². The number of anilines is 1. The second-order valence-corrected chi connectivity index (χ2v) is 6.78. The van der Waals surface area contributed by atoms with Gasteiger partial charge < -0.3 is 10.1 Å². The van der Waals surface area contributed by atoms with Gasteiger partial charge in [0.2, 0.25) is 5.91 Å². The Labute approximate surface area is 150 Å². The van der Waals surface area contributed by atoms with E-state index in [9.17, 15) is 14.4 Å². The molecule has 1 amide bonds. The summed E-state index contributed by atoms with van der Waals surface area (Å²) < 4.78 is 5.11. The number of carbonyl (C=O) groups excluding carboxylic acids is 3. The zero-order chi connectivity index (χ0) is 18.2. The number of Topliss-reactive ketones (excluding diaryl/α,β-unsaturated/α-hetero) is 1. The van der Waals surface area contributed by atoms with Crippen molar-refractivity contribution in [3.8, 4) is 0 Å². The number of nitrogens with one attached hydrogen (secondary N) is 1. The van der Waals surface area contributed by atoms with Gasteiger partial charge in [-0.1, -0.05) is 18.2 Å². The number of thioether (sulfide) groups is 1. The van der Waals surface area contributed by atoms with E-state index >= 15 is 0 Å². The topological polar surface area (TPSA) is 72.5 Å². The van der Waals surface area contributed by atoms with E-state index in [0.29, 0.717) is 11.3 Å². The van der Waals surface area contributed by atoms with Crippen molar-refractivity contribution in [2.24, 2.45) is 0 Å². The first-order chi connectivity index (χ1) is 12.0. The second-order valence-electron chi connectivity index (χ2n) is 5.36. The molecule has 0 radical (unpaired) electrons. The van der Waals surface area contributed by atoms with Crippen LogP contribution in [0.1, 0.15) is 24.2 Å². The third-order valence-electron chi connectivity index (χ3n) is 3.26. The zero-order valence-electron chi connectivity index (χ0n) is 14.0. The maximum absolute atomic E-state index is 12.1. The van der Waals surface area contributed by atoms with Crippen LogP contribution in [0.4, 0.5) is 5.69 Å². The molecule has 0 aliphatic rings. The second kappa shape index (κ2) is 9.03. The van der Waals surface area contributed by atoms with Crippen LogP contribution < -0.4 is 5.32 Å². The summed E-state index contributed by atoms with van der Waals surface area (Å²) >= 11 is 1.38. The van der Waals surface area contributed by atoms with Crippen LogP contribution in [0.2, 0.25) is 0 Å². The highest BCUT2D eigenvalue weighted by atomic mass is 32.2. The lowest BCUT2D eigenvalue weighted by Crippen LogP contribution is -2.21. The Balaban J connectivity index is 1.84. The van der Waals surface area contributed by atoms with Crippen LogP contribution >= 0.6 is 11.8 Å². The van der Waals surface area contributed by atoms with Crippen molar-refractivity contribution in [1.82, 2.24) is 0 Å². The van der Waals surface area contributed by atoms with Gasteiger partial charge in [0.1, 0.15) is 5.25 Å². The van der Waals surface area contributed by atoms with E-state index < -0.39 is 11.2 Å². The van der Waals surface area contributed by atoms with Gasteiger partial charge in [-0.15, -0.1) is 11.8 Å². The highest BCUT2D eigenvalue weighted by Crippen LogP contribution is 2.23. The summed E-state index contributed by atoms with van der Waals surface area (Å²) in [5.74, 6) is -0.908. The number of ether oxygens (including phenoxy) is 1. The van der Waals surface area contributed by atoms with E-state index in [-0.39, 0.29) is 18.3 Å². The molecule has 0 spiro atoms. The lowest BCUT2D eigenvalue weighted by Gasteiger charge is -2.11. The SMILES string of the molecule is CC(=O)Nc1ccc(C(=O)COC(=O)[C@@H](C)Sc2ccccc2)cc1. The van der Waals surface area contributed by atoms with Crippen molar-refractivity contribution < 1.29 is 19.1 Å². The molecule has 0 saturated carbocycles. The van der Waals surface area contributed by atoms with E-state index in [1.165, 1.54) is 18.7 Å². The first kappa shape index (κ1) is 18.7. The Morgan fingerprint density at radius 1 is 1.04 bits per heavy atom. The van der Waals surface area contributed by atoms with Crippen molar-refractivity contribution in [2.75, 3.05) is 11.9 Å². The average Bonchev–Trinajstić information content (AvgIpc) is 2.60. The minimum Gasteiger partial charge on any atom is -0.456 e. The number of amides is 1. The van der Waals surface area contributed by atoms with Gasteiger partial charge in [0, 0.05) is 23.1 Å². The quantitative estimate of drug-likeness (QED) is 0.466. The number of ketones is 1. The average molecular weight is 357 g/mol. The van der Waals surface area contributed by atoms with E-state index in [1.807, 2.05) is 30.3 Å². The Morgan fingerprint density at radius 3 is 2.28 bits per heavy atom. The van der Waals surface area contributed by atoms with Gasteiger partial charge in [0.15, 0.2) is 12.4 Å². The van der Waals surface area contributed by atoms with Gasteiger partial charge in [0.05, 0.1) is 0 Å². The molecule has 0 unspecified atom stereocenters. The molecule has 2 rings (SSSR count). The fraction of sp³-hybridized carbons (Fsp3) is 0.211. The van der Waals surface area contributed by atoms with Crippen molar-refractivity contribution in [3.63, 3.8) is 0 Å². The molecular formula is C19H19NO4S. The Hall–Kier alpha value is -2.60. The van der Waals surface area contributed by atoms with Gasteiger partial charge in [-0.05, 0) is 43.3 Å². The molecule has 25 heavy (non-hydrogen) atoms. The van der Waals surface area contributed by atoms with E-state index in [1.54, 1.807) is 31.2 Å². The van der Waals surface area contributed by atoms with Crippen LogP contribution in [0.3, 0.4) is 0 Å². The highest BCUT2D eigenvalue weighted by Gasteiger charge is 2.17. The van der Waals surface area contributed by atoms with Crippen molar-refractivity contribution in [1.29, 1.82) is 0 Å². The number of esters is 1. The van der Waals surface area contributed by atoms with Crippen LogP contribution in [0.25, 0.3) is 0 Å². The summed E-state index contributed by atoms with van der Waals surface area (Å²) in [7, 11) is 0. The Kier molecular flexibility index (Phi) is 6.77. The molecule has 0 heterocycles. The summed E-state index contributed by atoms with van der Waals surface area (Å²) in [4.78, 5) is 36.0. The molecule has 6 heteroatoms. The molecule has 130 valence electrons. The largest absolute Gasteiger partial charge is 0.456 e. The number of benzene rings is 2.